The van der Waals surface area contributed by atoms with Crippen molar-refractivity contribution in [2.75, 3.05) is 6.54 Å². The number of rotatable bonds is 8. The number of hydrogen-bond donors (Lipinski definition) is 2. The summed E-state index contributed by atoms with van der Waals surface area (Å²) in [6.07, 6.45) is 0.569. The zero-order valence-electron chi connectivity index (χ0n) is 15.0. The summed E-state index contributed by atoms with van der Waals surface area (Å²) in [7, 11) is 0. The smallest absolute Gasteiger partial charge is 0.315 e. The number of carboxylic acid groups (broad SMARTS) is 1. The van der Waals surface area contributed by atoms with E-state index in [1.807, 2.05) is 13.0 Å². The Labute approximate surface area is 153 Å². The normalized spacial score (nSPS) is 14.3. The van der Waals surface area contributed by atoms with Crippen molar-refractivity contribution in [2.24, 2.45) is 0 Å². The van der Waals surface area contributed by atoms with Crippen LogP contribution in [0.1, 0.15) is 43.7 Å². The van der Waals surface area contributed by atoms with Crippen LogP contribution in [0.4, 0.5) is 4.39 Å². The van der Waals surface area contributed by atoms with Gasteiger partial charge in [-0.15, -0.1) is 0 Å². The molecular formula is C21H24FNO3. The molecule has 2 aromatic rings. The highest BCUT2D eigenvalue weighted by Crippen LogP contribution is 2.28. The van der Waals surface area contributed by atoms with E-state index in [1.54, 1.807) is 43.3 Å². The summed E-state index contributed by atoms with van der Waals surface area (Å²) >= 11 is 0. The Bertz CT molecular complexity index is 746. The second-order valence-corrected chi connectivity index (χ2v) is 6.54. The first kappa shape index (κ1) is 19.6. The van der Waals surface area contributed by atoms with E-state index in [1.165, 1.54) is 12.1 Å². The van der Waals surface area contributed by atoms with Crippen molar-refractivity contribution in [2.45, 2.75) is 38.0 Å². The molecule has 2 N–H and O–H groups in total. The van der Waals surface area contributed by atoms with Gasteiger partial charge in [-0.1, -0.05) is 56.3 Å². The first-order valence-electron chi connectivity index (χ1n) is 8.70. The maximum Gasteiger partial charge on any atom is 0.315 e. The first-order valence-corrected chi connectivity index (χ1v) is 8.70. The van der Waals surface area contributed by atoms with Crippen molar-refractivity contribution in [3.63, 3.8) is 0 Å². The lowest BCUT2D eigenvalue weighted by Crippen LogP contribution is -2.46. The van der Waals surface area contributed by atoms with E-state index in [0.717, 1.165) is 5.56 Å². The summed E-state index contributed by atoms with van der Waals surface area (Å²) in [4.78, 5) is 24.3. The molecule has 2 atom stereocenters. The topological polar surface area (TPSA) is 66.4 Å². The molecule has 0 aromatic heterocycles. The third-order valence-corrected chi connectivity index (χ3v) is 4.86. The highest BCUT2D eigenvalue weighted by atomic mass is 19.1. The lowest BCUT2D eigenvalue weighted by atomic mass is 9.78. The van der Waals surface area contributed by atoms with E-state index < -0.39 is 11.4 Å². The molecule has 0 bridgehead atoms. The molecule has 0 heterocycles. The van der Waals surface area contributed by atoms with Gasteiger partial charge in [-0.3, -0.25) is 9.59 Å². The van der Waals surface area contributed by atoms with Gasteiger partial charge >= 0.3 is 5.97 Å². The Kier molecular flexibility index (Phi) is 6.50. The summed E-state index contributed by atoms with van der Waals surface area (Å²) in [5.74, 6) is -1.59. The van der Waals surface area contributed by atoms with Crippen LogP contribution in [0.2, 0.25) is 0 Å². The second-order valence-electron chi connectivity index (χ2n) is 6.54. The van der Waals surface area contributed by atoms with Crippen LogP contribution >= 0.6 is 0 Å². The SMILES string of the molecule is CCC(CNC(=O)CC(C)c1ccc(F)cc1)(C(=O)O)c1ccccc1. The van der Waals surface area contributed by atoms with E-state index in [4.69, 9.17) is 0 Å². The highest BCUT2D eigenvalue weighted by Gasteiger charge is 2.39. The second kappa shape index (κ2) is 8.61. The summed E-state index contributed by atoms with van der Waals surface area (Å²) < 4.78 is 13.0. The van der Waals surface area contributed by atoms with E-state index in [2.05, 4.69) is 5.32 Å². The van der Waals surface area contributed by atoms with Crippen molar-refractivity contribution in [1.29, 1.82) is 0 Å². The quantitative estimate of drug-likeness (QED) is 0.754. The van der Waals surface area contributed by atoms with E-state index >= 15 is 0 Å². The van der Waals surface area contributed by atoms with Gasteiger partial charge in [0.2, 0.25) is 5.91 Å². The lowest BCUT2D eigenvalue weighted by Gasteiger charge is -2.29. The zero-order valence-corrected chi connectivity index (χ0v) is 15.0. The molecule has 26 heavy (non-hydrogen) atoms. The molecule has 0 radical (unpaired) electrons. The minimum absolute atomic E-state index is 0.0256. The number of hydrogen-bond acceptors (Lipinski definition) is 2. The van der Waals surface area contributed by atoms with Gasteiger partial charge in [0.1, 0.15) is 11.2 Å². The number of carboxylic acids is 1. The van der Waals surface area contributed by atoms with E-state index in [9.17, 15) is 19.1 Å². The minimum atomic E-state index is -1.16. The number of amides is 1. The molecule has 5 heteroatoms. The van der Waals surface area contributed by atoms with Gasteiger partial charge in [0, 0.05) is 13.0 Å². The summed E-state index contributed by atoms with van der Waals surface area (Å²) in [6.45, 7) is 3.71. The molecule has 0 fully saturated rings. The van der Waals surface area contributed by atoms with Gasteiger partial charge in [0.15, 0.2) is 0 Å². The number of carbonyl (C=O) groups excluding carboxylic acids is 1. The standard InChI is InChI=1S/C21H24FNO3/c1-3-21(20(25)26,17-7-5-4-6-8-17)14-23-19(24)13-15(2)16-9-11-18(22)12-10-16/h4-12,15H,3,13-14H2,1-2H3,(H,23,24)(H,25,26). The molecule has 0 aliphatic heterocycles. The molecule has 4 nitrogen and oxygen atoms in total. The van der Waals surface area contributed by atoms with Crippen molar-refractivity contribution < 1.29 is 19.1 Å². The van der Waals surface area contributed by atoms with Crippen LogP contribution in [0.25, 0.3) is 0 Å². The maximum absolute atomic E-state index is 13.0. The predicted octanol–water partition coefficient (Wildman–Crippen LogP) is 3.87. The van der Waals surface area contributed by atoms with Crippen molar-refractivity contribution >= 4 is 11.9 Å². The van der Waals surface area contributed by atoms with Crippen LogP contribution in [-0.2, 0) is 15.0 Å². The minimum Gasteiger partial charge on any atom is -0.481 e. The van der Waals surface area contributed by atoms with Gasteiger partial charge in [0.05, 0.1) is 0 Å². The molecule has 0 aliphatic rings. The van der Waals surface area contributed by atoms with Crippen LogP contribution < -0.4 is 5.32 Å². The van der Waals surface area contributed by atoms with E-state index in [-0.39, 0.29) is 30.6 Å². The molecule has 0 aliphatic carbocycles. The molecule has 138 valence electrons. The van der Waals surface area contributed by atoms with Crippen LogP contribution in [0.15, 0.2) is 54.6 Å². The summed E-state index contributed by atoms with van der Waals surface area (Å²) in [5.41, 5.74) is 0.377. The molecular weight excluding hydrogens is 333 g/mol. The molecule has 1 amide bonds. The van der Waals surface area contributed by atoms with E-state index in [0.29, 0.717) is 12.0 Å². The van der Waals surface area contributed by atoms with Crippen molar-refractivity contribution in [3.8, 4) is 0 Å². The molecule has 0 saturated carbocycles. The Morgan fingerprint density at radius 1 is 1.12 bits per heavy atom. The zero-order chi connectivity index (χ0) is 19.2. The monoisotopic (exact) mass is 357 g/mol. The fourth-order valence-electron chi connectivity index (χ4n) is 3.05. The number of nitrogens with one attached hydrogen (secondary N) is 1. The number of carbonyl (C=O) groups is 2. The predicted molar refractivity (Wildman–Crippen MR) is 98.5 cm³/mol. The van der Waals surface area contributed by atoms with Crippen molar-refractivity contribution in [3.05, 3.63) is 71.5 Å². The van der Waals surface area contributed by atoms with Gasteiger partial charge in [0.25, 0.3) is 0 Å². The highest BCUT2D eigenvalue weighted by molar-refractivity contribution is 5.83. The summed E-state index contributed by atoms with van der Waals surface area (Å²) in [6, 6.07) is 15.0. The van der Waals surface area contributed by atoms with Gasteiger partial charge in [-0.25, -0.2) is 4.39 Å². The van der Waals surface area contributed by atoms with Gasteiger partial charge in [-0.2, -0.15) is 0 Å². The third-order valence-electron chi connectivity index (χ3n) is 4.86. The third kappa shape index (κ3) is 4.48. The van der Waals surface area contributed by atoms with Crippen molar-refractivity contribution in [1.82, 2.24) is 5.32 Å². The largest absolute Gasteiger partial charge is 0.481 e. The van der Waals surface area contributed by atoms with Gasteiger partial charge in [-0.05, 0) is 35.6 Å². The van der Waals surface area contributed by atoms with Crippen LogP contribution in [0, 0.1) is 5.82 Å². The lowest BCUT2D eigenvalue weighted by molar-refractivity contribution is -0.144. The Hall–Kier alpha value is -2.69. The first-order chi connectivity index (χ1) is 12.4. The fraction of sp³-hybridized carbons (Fsp3) is 0.333. The summed E-state index contributed by atoms with van der Waals surface area (Å²) in [5, 5.41) is 12.6. The van der Waals surface area contributed by atoms with Crippen LogP contribution in [-0.4, -0.2) is 23.5 Å². The molecule has 0 saturated heterocycles. The average molecular weight is 357 g/mol. The number of benzene rings is 2. The Morgan fingerprint density at radius 2 is 1.73 bits per heavy atom. The van der Waals surface area contributed by atoms with Crippen LogP contribution in [0.3, 0.4) is 0 Å². The maximum atomic E-state index is 13.0. The van der Waals surface area contributed by atoms with Crippen LogP contribution in [0.5, 0.6) is 0 Å². The van der Waals surface area contributed by atoms with Gasteiger partial charge < -0.3 is 10.4 Å². The average Bonchev–Trinajstić information content (AvgIpc) is 2.63. The molecule has 2 aromatic carbocycles. The number of halogens is 1. The Balaban J connectivity index is 2.05. The Morgan fingerprint density at radius 3 is 2.27 bits per heavy atom. The molecule has 2 unspecified atom stereocenters. The number of aliphatic carboxylic acids is 1. The molecule has 2 rings (SSSR count). The fourth-order valence-corrected chi connectivity index (χ4v) is 3.05. The molecule has 0 spiro atoms.